The molecule has 2 aromatic carbocycles. The number of amides is 1. The van der Waals surface area contributed by atoms with Crippen LogP contribution in [-0.4, -0.2) is 20.1 Å². The zero-order valence-electron chi connectivity index (χ0n) is 11.6. The third-order valence-electron chi connectivity index (χ3n) is 2.91. The number of rotatable bonds is 4. The molecule has 21 heavy (non-hydrogen) atoms. The molecule has 0 aliphatic carbocycles. The quantitative estimate of drug-likeness (QED) is 0.849. The summed E-state index contributed by atoms with van der Waals surface area (Å²) >= 11 is 0. The number of methoxy groups -OCH3 is 2. The largest absolute Gasteiger partial charge is 0.497 e. The lowest BCUT2D eigenvalue weighted by molar-refractivity contribution is 0.102. The van der Waals surface area contributed by atoms with Crippen molar-refractivity contribution in [3.05, 3.63) is 47.8 Å². The summed E-state index contributed by atoms with van der Waals surface area (Å²) < 4.78 is 23.7. The molecule has 2 rings (SSSR count). The Kier molecular flexibility index (Phi) is 4.27. The summed E-state index contributed by atoms with van der Waals surface area (Å²) in [6, 6.07) is 8.80. The highest BCUT2D eigenvalue weighted by molar-refractivity contribution is 6.04. The van der Waals surface area contributed by atoms with Crippen LogP contribution in [-0.2, 0) is 0 Å². The van der Waals surface area contributed by atoms with Gasteiger partial charge in [0.15, 0.2) is 0 Å². The maximum Gasteiger partial charge on any atom is 0.258 e. The summed E-state index contributed by atoms with van der Waals surface area (Å²) in [5.74, 6) is -0.380. The summed E-state index contributed by atoms with van der Waals surface area (Å²) in [5, 5.41) is 2.57. The van der Waals surface area contributed by atoms with Gasteiger partial charge in [-0.05, 0) is 30.3 Å². The average molecular weight is 290 g/mol. The first-order chi connectivity index (χ1) is 10.0. The number of carbonyl (C=O) groups excluding carboxylic acids is 1. The van der Waals surface area contributed by atoms with Gasteiger partial charge in [0.2, 0.25) is 0 Å². The minimum absolute atomic E-state index is 0.0785. The zero-order chi connectivity index (χ0) is 15.4. The number of nitrogen functional groups attached to an aromatic ring is 1. The SMILES string of the molecule is COc1ccc(C(=O)Nc2ccc(OC)c(N)c2)c(F)c1. The van der Waals surface area contributed by atoms with Gasteiger partial charge in [0.1, 0.15) is 17.3 Å². The van der Waals surface area contributed by atoms with E-state index in [-0.39, 0.29) is 5.56 Å². The van der Waals surface area contributed by atoms with Crippen LogP contribution < -0.4 is 20.5 Å². The highest BCUT2D eigenvalue weighted by atomic mass is 19.1. The second-order valence-electron chi connectivity index (χ2n) is 4.26. The standard InChI is InChI=1S/C15H15FN2O3/c1-20-10-4-5-11(12(16)8-10)15(19)18-9-3-6-14(21-2)13(17)7-9/h3-8H,17H2,1-2H3,(H,18,19). The number of nitrogens with one attached hydrogen (secondary N) is 1. The topological polar surface area (TPSA) is 73.6 Å². The van der Waals surface area contributed by atoms with E-state index in [0.717, 1.165) is 6.07 Å². The number of carbonyl (C=O) groups is 1. The summed E-state index contributed by atoms with van der Waals surface area (Å²) in [6.45, 7) is 0. The molecule has 0 atom stereocenters. The monoisotopic (exact) mass is 290 g/mol. The molecule has 0 aromatic heterocycles. The lowest BCUT2D eigenvalue weighted by Crippen LogP contribution is -2.14. The second-order valence-corrected chi connectivity index (χ2v) is 4.26. The van der Waals surface area contributed by atoms with Gasteiger partial charge in [-0.15, -0.1) is 0 Å². The maximum absolute atomic E-state index is 13.8. The van der Waals surface area contributed by atoms with Crippen LogP contribution in [0.1, 0.15) is 10.4 Å². The van der Waals surface area contributed by atoms with Crippen LogP contribution in [0.3, 0.4) is 0 Å². The van der Waals surface area contributed by atoms with Crippen molar-refractivity contribution < 1.29 is 18.7 Å². The van der Waals surface area contributed by atoms with Gasteiger partial charge in [0.25, 0.3) is 5.91 Å². The first-order valence-corrected chi connectivity index (χ1v) is 6.13. The molecule has 0 radical (unpaired) electrons. The zero-order valence-corrected chi connectivity index (χ0v) is 11.6. The molecule has 0 unspecified atom stereocenters. The molecular formula is C15H15FN2O3. The number of benzene rings is 2. The Morgan fingerprint density at radius 2 is 1.90 bits per heavy atom. The van der Waals surface area contributed by atoms with Crippen LogP contribution in [0.5, 0.6) is 11.5 Å². The number of hydrogen-bond acceptors (Lipinski definition) is 4. The van der Waals surface area contributed by atoms with E-state index < -0.39 is 11.7 Å². The molecule has 0 aliphatic heterocycles. The highest BCUT2D eigenvalue weighted by Crippen LogP contribution is 2.25. The van der Waals surface area contributed by atoms with Crippen LogP contribution in [0.15, 0.2) is 36.4 Å². The van der Waals surface area contributed by atoms with Crippen molar-refractivity contribution in [2.24, 2.45) is 0 Å². The molecular weight excluding hydrogens is 275 g/mol. The van der Waals surface area contributed by atoms with Gasteiger partial charge in [-0.25, -0.2) is 4.39 Å². The van der Waals surface area contributed by atoms with Crippen molar-refractivity contribution in [3.8, 4) is 11.5 Å². The Bertz CT molecular complexity index is 674. The fourth-order valence-corrected chi connectivity index (χ4v) is 1.82. The average Bonchev–Trinajstić information content (AvgIpc) is 2.47. The smallest absolute Gasteiger partial charge is 0.258 e. The predicted molar refractivity (Wildman–Crippen MR) is 78.3 cm³/mol. The van der Waals surface area contributed by atoms with E-state index in [4.69, 9.17) is 15.2 Å². The Labute approximate surface area is 121 Å². The van der Waals surface area contributed by atoms with Gasteiger partial charge in [-0.1, -0.05) is 0 Å². The van der Waals surface area contributed by atoms with E-state index >= 15 is 0 Å². The molecule has 110 valence electrons. The third-order valence-corrected chi connectivity index (χ3v) is 2.91. The molecule has 5 nitrogen and oxygen atoms in total. The number of hydrogen-bond donors (Lipinski definition) is 2. The molecule has 0 saturated heterocycles. The van der Waals surface area contributed by atoms with E-state index in [1.165, 1.54) is 32.4 Å². The molecule has 3 N–H and O–H groups in total. The van der Waals surface area contributed by atoms with Gasteiger partial charge in [-0.3, -0.25) is 4.79 Å². The van der Waals surface area contributed by atoms with Crippen LogP contribution in [0.4, 0.5) is 15.8 Å². The number of halogens is 1. The summed E-state index contributed by atoms with van der Waals surface area (Å²) in [6.07, 6.45) is 0. The molecule has 0 spiro atoms. The van der Waals surface area contributed by atoms with Gasteiger partial charge in [0, 0.05) is 11.8 Å². The lowest BCUT2D eigenvalue weighted by atomic mass is 10.1. The first-order valence-electron chi connectivity index (χ1n) is 6.13. The van der Waals surface area contributed by atoms with Crippen molar-refractivity contribution in [1.29, 1.82) is 0 Å². The summed E-state index contributed by atoms with van der Waals surface area (Å²) in [7, 11) is 2.92. The van der Waals surface area contributed by atoms with Crippen LogP contribution in [0.2, 0.25) is 0 Å². The Morgan fingerprint density at radius 1 is 1.14 bits per heavy atom. The molecule has 0 heterocycles. The van der Waals surface area contributed by atoms with Gasteiger partial charge < -0.3 is 20.5 Å². The van der Waals surface area contributed by atoms with E-state index in [2.05, 4.69) is 5.32 Å². The lowest BCUT2D eigenvalue weighted by Gasteiger charge is -2.10. The van der Waals surface area contributed by atoms with Crippen molar-refractivity contribution in [3.63, 3.8) is 0 Å². The number of anilines is 2. The van der Waals surface area contributed by atoms with E-state index in [9.17, 15) is 9.18 Å². The maximum atomic E-state index is 13.8. The van der Waals surface area contributed by atoms with Gasteiger partial charge >= 0.3 is 0 Å². The molecule has 6 heteroatoms. The molecule has 0 fully saturated rings. The van der Waals surface area contributed by atoms with Crippen LogP contribution in [0.25, 0.3) is 0 Å². The third kappa shape index (κ3) is 3.22. The van der Waals surface area contributed by atoms with E-state index in [0.29, 0.717) is 22.9 Å². The summed E-state index contributed by atoms with van der Waals surface area (Å²) in [5.41, 5.74) is 6.50. The minimum Gasteiger partial charge on any atom is -0.497 e. The Hall–Kier alpha value is -2.76. The fraction of sp³-hybridized carbons (Fsp3) is 0.133. The predicted octanol–water partition coefficient (Wildman–Crippen LogP) is 2.68. The fourth-order valence-electron chi connectivity index (χ4n) is 1.82. The van der Waals surface area contributed by atoms with Gasteiger partial charge in [-0.2, -0.15) is 0 Å². The normalized spacial score (nSPS) is 10.0. The molecule has 0 aliphatic rings. The van der Waals surface area contributed by atoms with E-state index in [1.807, 2.05) is 0 Å². The number of nitrogens with two attached hydrogens (primary N) is 1. The van der Waals surface area contributed by atoms with Crippen molar-refractivity contribution in [2.75, 3.05) is 25.3 Å². The number of ether oxygens (including phenoxy) is 2. The van der Waals surface area contributed by atoms with Crippen LogP contribution >= 0.6 is 0 Å². The molecule has 0 saturated carbocycles. The van der Waals surface area contributed by atoms with Crippen molar-refractivity contribution in [1.82, 2.24) is 0 Å². The molecule has 0 bridgehead atoms. The highest BCUT2D eigenvalue weighted by Gasteiger charge is 2.13. The minimum atomic E-state index is -0.659. The molecule has 1 amide bonds. The second kappa shape index (κ2) is 6.13. The first kappa shape index (κ1) is 14.6. The Balaban J connectivity index is 2.20. The van der Waals surface area contributed by atoms with Crippen molar-refractivity contribution >= 4 is 17.3 Å². The molecule has 2 aromatic rings. The van der Waals surface area contributed by atoms with Gasteiger partial charge in [0.05, 0.1) is 25.5 Å². The van der Waals surface area contributed by atoms with Crippen molar-refractivity contribution in [2.45, 2.75) is 0 Å². The van der Waals surface area contributed by atoms with E-state index in [1.54, 1.807) is 12.1 Å². The van der Waals surface area contributed by atoms with Crippen LogP contribution in [0, 0.1) is 5.82 Å². The Morgan fingerprint density at radius 3 is 2.48 bits per heavy atom. The summed E-state index contributed by atoms with van der Waals surface area (Å²) in [4.78, 5) is 12.0.